The van der Waals surface area contributed by atoms with Crippen molar-refractivity contribution in [2.45, 2.75) is 43.9 Å². The number of sulfone groups is 1. The summed E-state index contributed by atoms with van der Waals surface area (Å²) in [6.45, 7) is 2.38. The molecule has 10 heteroatoms. The number of amides is 3. The van der Waals surface area contributed by atoms with Gasteiger partial charge in [-0.15, -0.1) is 0 Å². The van der Waals surface area contributed by atoms with Gasteiger partial charge >= 0.3 is 6.03 Å². The van der Waals surface area contributed by atoms with Gasteiger partial charge in [0, 0.05) is 18.5 Å². The van der Waals surface area contributed by atoms with E-state index in [0.717, 1.165) is 24.9 Å². The summed E-state index contributed by atoms with van der Waals surface area (Å²) in [7, 11) is -1.39. The molecule has 1 aliphatic carbocycles. The molecule has 2 saturated heterocycles. The lowest BCUT2D eigenvalue weighted by molar-refractivity contribution is -0.118. The van der Waals surface area contributed by atoms with Crippen molar-refractivity contribution < 1.29 is 27.1 Å². The standard InChI is InChI=1S/C24H34FN3O5S/c1-27-11-9-24(16-27,19-7-8-20(25)21(13-19)33-15-18-5-6-18)17-34(31,32)12-4-2-3-10-28-14-22(29)26-23(28)30/h7-8,13,18H,2-6,9-12,14-17H2,1H3,(H,26,29,30). The van der Waals surface area contributed by atoms with Crippen LogP contribution in [-0.4, -0.2) is 81.5 Å². The molecule has 2 aliphatic heterocycles. The van der Waals surface area contributed by atoms with Gasteiger partial charge in [-0.1, -0.05) is 12.5 Å². The lowest BCUT2D eigenvalue weighted by Crippen LogP contribution is -2.38. The number of rotatable bonds is 12. The summed E-state index contributed by atoms with van der Waals surface area (Å²) >= 11 is 0. The Morgan fingerprint density at radius 2 is 2.00 bits per heavy atom. The first kappa shape index (κ1) is 24.9. The molecular formula is C24H34FN3O5S. The SMILES string of the molecule is CN1CCC(CS(=O)(=O)CCCCCN2CC(=O)NC2=O)(c2ccc(F)c(OCC3CC3)c2)C1. The van der Waals surface area contributed by atoms with E-state index in [1.165, 1.54) is 11.0 Å². The van der Waals surface area contributed by atoms with E-state index in [9.17, 15) is 22.4 Å². The van der Waals surface area contributed by atoms with Crippen LogP contribution in [0.5, 0.6) is 5.75 Å². The van der Waals surface area contributed by atoms with Crippen LogP contribution in [0.2, 0.25) is 0 Å². The van der Waals surface area contributed by atoms with Crippen LogP contribution >= 0.6 is 0 Å². The topological polar surface area (TPSA) is 96.0 Å². The van der Waals surface area contributed by atoms with Gasteiger partial charge in [0.1, 0.15) is 6.54 Å². The molecule has 0 aromatic heterocycles. The van der Waals surface area contributed by atoms with E-state index in [2.05, 4.69) is 10.2 Å². The molecule has 3 fully saturated rings. The van der Waals surface area contributed by atoms with Gasteiger partial charge in [-0.25, -0.2) is 17.6 Å². The normalized spacial score (nSPS) is 23.5. The molecule has 8 nitrogen and oxygen atoms in total. The highest BCUT2D eigenvalue weighted by molar-refractivity contribution is 7.91. The Bertz CT molecular complexity index is 1030. The fourth-order valence-corrected chi connectivity index (χ4v) is 6.94. The molecule has 188 valence electrons. The number of urea groups is 1. The largest absolute Gasteiger partial charge is 0.490 e. The van der Waals surface area contributed by atoms with Gasteiger partial charge in [0.2, 0.25) is 5.91 Å². The summed E-state index contributed by atoms with van der Waals surface area (Å²) < 4.78 is 46.3. The zero-order valence-corrected chi connectivity index (χ0v) is 20.5. The number of ether oxygens (including phenoxy) is 1. The molecule has 0 spiro atoms. The highest BCUT2D eigenvalue weighted by atomic mass is 32.2. The third-order valence-corrected chi connectivity index (χ3v) is 8.91. The summed E-state index contributed by atoms with van der Waals surface area (Å²) in [5, 5.41) is 2.24. The molecule has 3 amide bonds. The number of hydrogen-bond donors (Lipinski definition) is 1. The van der Waals surface area contributed by atoms with Crippen LogP contribution in [0.4, 0.5) is 9.18 Å². The van der Waals surface area contributed by atoms with Gasteiger partial charge < -0.3 is 14.5 Å². The number of carbonyl (C=O) groups excluding carboxylic acids is 2. The molecule has 1 aromatic rings. The monoisotopic (exact) mass is 495 g/mol. The second-order valence-corrected chi connectivity index (χ2v) is 12.3. The van der Waals surface area contributed by atoms with Crippen LogP contribution < -0.4 is 10.1 Å². The Morgan fingerprint density at radius 1 is 1.21 bits per heavy atom. The second-order valence-electron chi connectivity index (χ2n) is 10.1. The fraction of sp³-hybridized carbons (Fsp3) is 0.667. The minimum atomic E-state index is -3.36. The average molecular weight is 496 g/mol. The molecule has 1 unspecified atom stereocenters. The van der Waals surface area contributed by atoms with Crippen molar-refractivity contribution in [3.8, 4) is 5.75 Å². The van der Waals surface area contributed by atoms with Crippen molar-refractivity contribution >= 4 is 21.8 Å². The van der Waals surface area contributed by atoms with Crippen molar-refractivity contribution in [2.24, 2.45) is 5.92 Å². The van der Waals surface area contributed by atoms with Crippen LogP contribution in [0.15, 0.2) is 18.2 Å². The second kappa shape index (κ2) is 10.2. The molecular weight excluding hydrogens is 461 g/mol. The number of nitrogens with one attached hydrogen (secondary N) is 1. The molecule has 1 aromatic carbocycles. The molecule has 1 saturated carbocycles. The van der Waals surface area contributed by atoms with E-state index >= 15 is 0 Å². The summed E-state index contributed by atoms with van der Waals surface area (Å²) in [4.78, 5) is 26.4. The Hall–Kier alpha value is -2.20. The number of carbonyl (C=O) groups is 2. The van der Waals surface area contributed by atoms with Crippen LogP contribution in [0.1, 0.15) is 44.1 Å². The molecule has 1 N–H and O–H groups in total. The summed E-state index contributed by atoms with van der Waals surface area (Å²) in [5.74, 6) is 0.0654. The maximum absolute atomic E-state index is 14.4. The average Bonchev–Trinajstić information content (AvgIpc) is 3.44. The van der Waals surface area contributed by atoms with E-state index in [0.29, 0.717) is 51.3 Å². The number of likely N-dealkylation sites (N-methyl/N-ethyl adjacent to an activating group) is 1. The predicted octanol–water partition coefficient (Wildman–Crippen LogP) is 2.32. The predicted molar refractivity (Wildman–Crippen MR) is 126 cm³/mol. The Morgan fingerprint density at radius 3 is 2.65 bits per heavy atom. The molecule has 3 aliphatic rings. The molecule has 1 atom stereocenters. The van der Waals surface area contributed by atoms with Gasteiger partial charge in [-0.05, 0) is 69.3 Å². The van der Waals surface area contributed by atoms with Crippen molar-refractivity contribution in [2.75, 3.05) is 51.3 Å². The van der Waals surface area contributed by atoms with Crippen molar-refractivity contribution in [1.82, 2.24) is 15.1 Å². The fourth-order valence-electron chi connectivity index (χ4n) is 4.91. The number of imide groups is 1. The van der Waals surface area contributed by atoms with Crippen molar-refractivity contribution in [3.63, 3.8) is 0 Å². The van der Waals surface area contributed by atoms with E-state index in [-0.39, 0.29) is 35.7 Å². The van der Waals surface area contributed by atoms with E-state index in [1.807, 2.05) is 7.05 Å². The number of likely N-dealkylation sites (tertiary alicyclic amines) is 1. The third kappa shape index (κ3) is 6.27. The Kier molecular flexibility index (Phi) is 7.47. The number of unbranched alkanes of at least 4 members (excludes halogenated alkanes) is 2. The number of benzene rings is 1. The zero-order valence-electron chi connectivity index (χ0n) is 19.7. The van der Waals surface area contributed by atoms with E-state index < -0.39 is 21.1 Å². The van der Waals surface area contributed by atoms with Gasteiger partial charge in [0.15, 0.2) is 21.4 Å². The maximum Gasteiger partial charge on any atom is 0.324 e. The van der Waals surface area contributed by atoms with E-state index in [4.69, 9.17) is 4.74 Å². The maximum atomic E-state index is 14.4. The Labute approximate surface area is 200 Å². The number of nitrogens with zero attached hydrogens (tertiary/aromatic N) is 2. The van der Waals surface area contributed by atoms with Gasteiger partial charge in [-0.3, -0.25) is 10.1 Å². The Balaban J connectivity index is 1.36. The van der Waals surface area contributed by atoms with E-state index in [1.54, 1.807) is 12.1 Å². The van der Waals surface area contributed by atoms with Crippen LogP contribution in [-0.2, 0) is 20.0 Å². The molecule has 4 rings (SSSR count). The quantitative estimate of drug-likeness (QED) is 0.353. The summed E-state index contributed by atoms with van der Waals surface area (Å²) in [6, 6.07) is 4.42. The van der Waals surface area contributed by atoms with Gasteiger partial charge in [0.25, 0.3) is 0 Å². The molecule has 0 radical (unpaired) electrons. The number of hydrogen-bond acceptors (Lipinski definition) is 6. The number of halogens is 1. The lowest BCUT2D eigenvalue weighted by atomic mass is 9.81. The zero-order chi connectivity index (χ0) is 24.3. The minimum Gasteiger partial charge on any atom is -0.490 e. The summed E-state index contributed by atoms with van der Waals surface area (Å²) in [6.07, 6.45) is 4.70. The highest BCUT2D eigenvalue weighted by Gasteiger charge is 2.42. The minimum absolute atomic E-state index is 0.0150. The third-order valence-electron chi connectivity index (χ3n) is 7.01. The van der Waals surface area contributed by atoms with Gasteiger partial charge in [-0.2, -0.15) is 0 Å². The summed E-state index contributed by atoms with van der Waals surface area (Å²) in [5.41, 5.74) is 0.227. The van der Waals surface area contributed by atoms with Crippen molar-refractivity contribution in [1.29, 1.82) is 0 Å². The van der Waals surface area contributed by atoms with Crippen molar-refractivity contribution in [3.05, 3.63) is 29.6 Å². The first-order valence-corrected chi connectivity index (χ1v) is 13.9. The smallest absolute Gasteiger partial charge is 0.324 e. The van der Waals surface area contributed by atoms with Gasteiger partial charge in [0.05, 0.1) is 18.1 Å². The lowest BCUT2D eigenvalue weighted by Gasteiger charge is -2.30. The van der Waals surface area contributed by atoms with Crippen LogP contribution in [0, 0.1) is 11.7 Å². The van der Waals surface area contributed by atoms with Crippen LogP contribution in [0.3, 0.4) is 0 Å². The first-order valence-electron chi connectivity index (χ1n) is 12.1. The molecule has 2 heterocycles. The molecule has 0 bridgehead atoms. The highest BCUT2D eigenvalue weighted by Crippen LogP contribution is 2.38. The first-order chi connectivity index (χ1) is 16.2. The van der Waals surface area contributed by atoms with Crippen LogP contribution in [0.25, 0.3) is 0 Å². The molecule has 34 heavy (non-hydrogen) atoms.